The SMILES string of the molecule is Cc1nnc(SCC(=O)O)n1N=Cc1cc(Br)ccc1O. The van der Waals surface area contributed by atoms with Crippen LogP contribution in [0.25, 0.3) is 0 Å². The van der Waals surface area contributed by atoms with Crippen molar-refractivity contribution in [3.63, 3.8) is 0 Å². The summed E-state index contributed by atoms with van der Waals surface area (Å²) in [5.74, 6) is -0.461. The van der Waals surface area contributed by atoms with E-state index < -0.39 is 5.97 Å². The van der Waals surface area contributed by atoms with Crippen LogP contribution in [0.1, 0.15) is 11.4 Å². The Morgan fingerprint density at radius 1 is 1.52 bits per heavy atom. The molecule has 110 valence electrons. The highest BCUT2D eigenvalue weighted by Crippen LogP contribution is 2.21. The van der Waals surface area contributed by atoms with Gasteiger partial charge in [0.2, 0.25) is 5.16 Å². The molecule has 0 bridgehead atoms. The van der Waals surface area contributed by atoms with Crippen molar-refractivity contribution >= 4 is 39.9 Å². The lowest BCUT2D eigenvalue weighted by Gasteiger charge is -2.02. The molecule has 2 N–H and O–H groups in total. The van der Waals surface area contributed by atoms with Gasteiger partial charge in [-0.2, -0.15) is 9.78 Å². The predicted molar refractivity (Wildman–Crippen MR) is 81.9 cm³/mol. The van der Waals surface area contributed by atoms with E-state index in [1.807, 2.05) is 0 Å². The summed E-state index contributed by atoms with van der Waals surface area (Å²) in [4.78, 5) is 10.6. The third kappa shape index (κ3) is 4.05. The number of nitrogens with zero attached hydrogens (tertiary/aromatic N) is 4. The van der Waals surface area contributed by atoms with Gasteiger partial charge in [0.05, 0.1) is 12.0 Å². The summed E-state index contributed by atoms with van der Waals surface area (Å²) in [7, 11) is 0. The molecule has 9 heteroatoms. The smallest absolute Gasteiger partial charge is 0.313 e. The third-order valence-corrected chi connectivity index (χ3v) is 3.79. The molecule has 0 fully saturated rings. The Balaban J connectivity index is 2.26. The zero-order valence-electron chi connectivity index (χ0n) is 10.9. The standard InChI is InChI=1S/C12H11BrN4O3S/c1-7-15-16-12(21-6-11(19)20)17(7)14-5-8-4-9(13)2-3-10(8)18/h2-5,18H,6H2,1H3,(H,19,20). The Labute approximate surface area is 132 Å². The van der Waals surface area contributed by atoms with Crippen LogP contribution in [0.2, 0.25) is 0 Å². The number of aliphatic carboxylic acids is 1. The number of carbonyl (C=O) groups is 1. The summed E-state index contributed by atoms with van der Waals surface area (Å²) in [5.41, 5.74) is 0.520. The van der Waals surface area contributed by atoms with Crippen LogP contribution in [0.5, 0.6) is 5.75 Å². The summed E-state index contributed by atoms with van der Waals surface area (Å²) in [6, 6.07) is 4.97. The highest BCUT2D eigenvalue weighted by molar-refractivity contribution is 9.10. The molecule has 2 rings (SSSR count). The second kappa shape index (κ2) is 6.72. The highest BCUT2D eigenvalue weighted by atomic mass is 79.9. The van der Waals surface area contributed by atoms with Crippen molar-refractivity contribution in [1.82, 2.24) is 14.9 Å². The number of halogens is 1. The number of phenols is 1. The molecule has 0 aliphatic rings. The molecule has 0 atom stereocenters. The van der Waals surface area contributed by atoms with Crippen LogP contribution in [0.3, 0.4) is 0 Å². The van der Waals surface area contributed by atoms with Gasteiger partial charge in [0.25, 0.3) is 0 Å². The van der Waals surface area contributed by atoms with Crippen LogP contribution >= 0.6 is 27.7 Å². The van der Waals surface area contributed by atoms with Crippen LogP contribution in [-0.2, 0) is 4.79 Å². The number of hydrogen-bond acceptors (Lipinski definition) is 6. The van der Waals surface area contributed by atoms with Gasteiger partial charge in [-0.05, 0) is 25.1 Å². The lowest BCUT2D eigenvalue weighted by molar-refractivity contribution is -0.133. The molecule has 0 amide bonds. The number of carboxylic acid groups (broad SMARTS) is 1. The number of benzene rings is 1. The lowest BCUT2D eigenvalue weighted by atomic mass is 10.2. The van der Waals surface area contributed by atoms with Crippen molar-refractivity contribution in [3.05, 3.63) is 34.1 Å². The summed E-state index contributed by atoms with van der Waals surface area (Å²) in [5, 5.41) is 30.7. The molecule has 0 unspecified atom stereocenters. The Hall–Kier alpha value is -1.87. The fraction of sp³-hybridized carbons (Fsp3) is 0.167. The number of rotatable bonds is 5. The van der Waals surface area contributed by atoms with Crippen molar-refractivity contribution in [3.8, 4) is 5.75 Å². The van der Waals surface area contributed by atoms with E-state index in [2.05, 4.69) is 31.2 Å². The average molecular weight is 371 g/mol. The maximum Gasteiger partial charge on any atom is 0.313 e. The largest absolute Gasteiger partial charge is 0.507 e. The molecule has 0 aliphatic carbocycles. The highest BCUT2D eigenvalue weighted by Gasteiger charge is 2.10. The van der Waals surface area contributed by atoms with E-state index in [9.17, 15) is 9.90 Å². The van der Waals surface area contributed by atoms with Crippen molar-refractivity contribution in [2.24, 2.45) is 5.10 Å². The Morgan fingerprint density at radius 2 is 2.29 bits per heavy atom. The van der Waals surface area contributed by atoms with Crippen LogP contribution in [0, 0.1) is 6.92 Å². The molecule has 0 spiro atoms. The van der Waals surface area contributed by atoms with Crippen LogP contribution in [0.4, 0.5) is 0 Å². The lowest BCUT2D eigenvalue weighted by Crippen LogP contribution is -2.01. The second-order valence-electron chi connectivity index (χ2n) is 3.97. The van der Waals surface area contributed by atoms with Gasteiger partial charge in [-0.15, -0.1) is 10.2 Å². The molecule has 1 aromatic heterocycles. The van der Waals surface area contributed by atoms with Gasteiger partial charge in [0, 0.05) is 10.0 Å². The molecule has 0 radical (unpaired) electrons. The summed E-state index contributed by atoms with van der Waals surface area (Å²) in [6.45, 7) is 1.70. The Kier molecular flexibility index (Phi) is 4.97. The minimum atomic E-state index is -0.944. The molecule has 2 aromatic rings. The number of hydrogen-bond donors (Lipinski definition) is 2. The van der Waals surface area contributed by atoms with Crippen molar-refractivity contribution < 1.29 is 15.0 Å². The molecular weight excluding hydrogens is 360 g/mol. The minimum absolute atomic E-state index is 0.0902. The van der Waals surface area contributed by atoms with Crippen LogP contribution in [0.15, 0.2) is 32.9 Å². The topological polar surface area (TPSA) is 101 Å². The molecule has 1 aromatic carbocycles. The molecule has 7 nitrogen and oxygen atoms in total. The number of carboxylic acids is 1. The van der Waals surface area contributed by atoms with Crippen molar-refractivity contribution in [1.29, 1.82) is 0 Å². The number of thioether (sulfide) groups is 1. The molecule has 1 heterocycles. The van der Waals surface area contributed by atoms with E-state index in [1.54, 1.807) is 25.1 Å². The fourth-order valence-corrected chi connectivity index (χ4v) is 2.47. The van der Waals surface area contributed by atoms with Gasteiger partial charge in [0.1, 0.15) is 5.75 Å². The van der Waals surface area contributed by atoms with Crippen LogP contribution in [-0.4, -0.2) is 43.0 Å². The van der Waals surface area contributed by atoms with E-state index >= 15 is 0 Å². The minimum Gasteiger partial charge on any atom is -0.507 e. The van der Waals surface area contributed by atoms with E-state index in [4.69, 9.17) is 5.11 Å². The zero-order chi connectivity index (χ0) is 15.4. The van der Waals surface area contributed by atoms with Gasteiger partial charge in [-0.1, -0.05) is 27.7 Å². The van der Waals surface area contributed by atoms with Gasteiger partial charge >= 0.3 is 5.97 Å². The first-order chi connectivity index (χ1) is 9.97. The average Bonchev–Trinajstić information content (AvgIpc) is 2.78. The zero-order valence-corrected chi connectivity index (χ0v) is 13.3. The van der Waals surface area contributed by atoms with Crippen LogP contribution < -0.4 is 0 Å². The van der Waals surface area contributed by atoms with Gasteiger partial charge in [-0.25, -0.2) is 0 Å². The van der Waals surface area contributed by atoms with Gasteiger partial charge in [0.15, 0.2) is 5.82 Å². The van der Waals surface area contributed by atoms with E-state index in [-0.39, 0.29) is 11.5 Å². The first-order valence-electron chi connectivity index (χ1n) is 5.77. The van der Waals surface area contributed by atoms with E-state index in [0.29, 0.717) is 16.5 Å². The number of aromatic nitrogens is 3. The number of phenolic OH excluding ortho intramolecular Hbond substituents is 1. The first kappa shape index (κ1) is 15.5. The number of aromatic hydroxyl groups is 1. The quantitative estimate of drug-likeness (QED) is 0.617. The van der Waals surface area contributed by atoms with Gasteiger partial charge < -0.3 is 10.2 Å². The number of aryl methyl sites for hydroxylation is 1. The Bertz CT molecular complexity index is 702. The fourth-order valence-electron chi connectivity index (χ4n) is 1.44. The molecule has 0 saturated carbocycles. The summed E-state index contributed by atoms with van der Waals surface area (Å²) in [6.07, 6.45) is 1.46. The summed E-state index contributed by atoms with van der Waals surface area (Å²) >= 11 is 4.33. The maximum atomic E-state index is 10.6. The second-order valence-corrected chi connectivity index (χ2v) is 5.83. The Morgan fingerprint density at radius 3 is 3.00 bits per heavy atom. The monoisotopic (exact) mass is 370 g/mol. The maximum absolute atomic E-state index is 10.6. The normalized spacial score (nSPS) is 11.1. The third-order valence-electron chi connectivity index (χ3n) is 2.39. The van der Waals surface area contributed by atoms with Gasteiger partial charge in [-0.3, -0.25) is 4.79 Å². The molecular formula is C12H11BrN4O3S. The molecule has 0 saturated heterocycles. The van der Waals surface area contributed by atoms with E-state index in [1.165, 1.54) is 10.9 Å². The van der Waals surface area contributed by atoms with Crippen molar-refractivity contribution in [2.75, 3.05) is 5.75 Å². The molecule has 0 aliphatic heterocycles. The first-order valence-corrected chi connectivity index (χ1v) is 7.54. The predicted octanol–water partition coefficient (Wildman–Crippen LogP) is 2.11. The molecule has 21 heavy (non-hydrogen) atoms. The van der Waals surface area contributed by atoms with E-state index in [0.717, 1.165) is 16.2 Å². The van der Waals surface area contributed by atoms with Crippen molar-refractivity contribution in [2.45, 2.75) is 12.1 Å². The summed E-state index contributed by atoms with van der Waals surface area (Å²) < 4.78 is 2.23.